The van der Waals surface area contributed by atoms with Crippen molar-refractivity contribution in [2.24, 2.45) is 0 Å². The summed E-state index contributed by atoms with van der Waals surface area (Å²) < 4.78 is 5.18. The van der Waals surface area contributed by atoms with Gasteiger partial charge in [-0.15, -0.1) is 0 Å². The summed E-state index contributed by atoms with van der Waals surface area (Å²) in [7, 11) is 1.66. The molecule has 0 aromatic heterocycles. The topological polar surface area (TPSA) is 38.3 Å². The van der Waals surface area contributed by atoms with E-state index in [0.29, 0.717) is 12.3 Å². The highest BCUT2D eigenvalue weighted by molar-refractivity contribution is 5.77. The fourth-order valence-corrected chi connectivity index (χ4v) is 2.04. The summed E-state index contributed by atoms with van der Waals surface area (Å²) in [6.07, 6.45) is 0.604. The molecule has 3 heteroatoms. The van der Waals surface area contributed by atoms with E-state index in [1.807, 2.05) is 18.2 Å². The third kappa shape index (κ3) is 1.96. The van der Waals surface area contributed by atoms with Crippen LogP contribution >= 0.6 is 0 Å². The van der Waals surface area contributed by atoms with Crippen LogP contribution in [0.15, 0.2) is 18.2 Å². The Kier molecular flexibility index (Phi) is 2.62. The Labute approximate surface area is 89.4 Å². The van der Waals surface area contributed by atoms with Crippen LogP contribution in [0.1, 0.15) is 24.8 Å². The van der Waals surface area contributed by atoms with Gasteiger partial charge in [-0.1, -0.05) is 0 Å². The Morgan fingerprint density at radius 1 is 1.60 bits per heavy atom. The number of carbonyl (C=O) groups excluding carboxylic acids is 1. The van der Waals surface area contributed by atoms with Crippen molar-refractivity contribution < 1.29 is 9.53 Å². The van der Waals surface area contributed by atoms with E-state index in [1.165, 1.54) is 5.56 Å². The molecule has 0 spiro atoms. The second-order valence-corrected chi connectivity index (χ2v) is 3.94. The molecule has 0 saturated heterocycles. The van der Waals surface area contributed by atoms with E-state index in [0.717, 1.165) is 18.0 Å². The van der Waals surface area contributed by atoms with Crippen molar-refractivity contribution >= 4 is 11.5 Å². The smallest absolute Gasteiger partial charge is 0.130 e. The maximum atomic E-state index is 11.1. The van der Waals surface area contributed by atoms with Gasteiger partial charge in [0.1, 0.15) is 11.5 Å². The number of ketones is 1. The lowest BCUT2D eigenvalue weighted by molar-refractivity contribution is -0.117. The minimum absolute atomic E-state index is 0.234. The van der Waals surface area contributed by atoms with E-state index in [2.05, 4.69) is 5.32 Å². The predicted molar refractivity (Wildman–Crippen MR) is 59.5 cm³/mol. The van der Waals surface area contributed by atoms with Crippen LogP contribution in [0.3, 0.4) is 0 Å². The average molecular weight is 205 g/mol. The van der Waals surface area contributed by atoms with Gasteiger partial charge in [0.25, 0.3) is 0 Å². The fraction of sp³-hybridized carbons (Fsp3) is 0.417. The molecular weight excluding hydrogens is 190 g/mol. The standard InChI is InChI=1S/C12H15NO2/c1-8(14)5-9-7-13-12-4-3-10(15-2)6-11(9)12/h3-4,6,9,13H,5,7H2,1-2H3. The Hall–Kier alpha value is -1.51. The monoisotopic (exact) mass is 205 g/mol. The summed E-state index contributed by atoms with van der Waals surface area (Å²) in [5.74, 6) is 1.39. The highest BCUT2D eigenvalue weighted by Crippen LogP contribution is 2.36. The van der Waals surface area contributed by atoms with Gasteiger partial charge in [0.15, 0.2) is 0 Å². The van der Waals surface area contributed by atoms with Gasteiger partial charge in [0.2, 0.25) is 0 Å². The van der Waals surface area contributed by atoms with Gasteiger partial charge >= 0.3 is 0 Å². The Bertz CT molecular complexity index is 387. The number of methoxy groups -OCH3 is 1. The molecule has 1 heterocycles. The van der Waals surface area contributed by atoms with E-state index in [9.17, 15) is 4.79 Å². The average Bonchev–Trinajstić information content (AvgIpc) is 2.60. The number of anilines is 1. The predicted octanol–water partition coefficient (Wildman–Crippen LogP) is 2.18. The van der Waals surface area contributed by atoms with Gasteiger partial charge in [0, 0.05) is 24.6 Å². The van der Waals surface area contributed by atoms with E-state index in [-0.39, 0.29) is 5.78 Å². The lowest BCUT2D eigenvalue weighted by Crippen LogP contribution is -2.06. The fourth-order valence-electron chi connectivity index (χ4n) is 2.04. The Balaban J connectivity index is 2.27. The molecule has 3 nitrogen and oxygen atoms in total. The van der Waals surface area contributed by atoms with Crippen LogP contribution in [0.5, 0.6) is 5.75 Å². The van der Waals surface area contributed by atoms with Crippen molar-refractivity contribution in [2.75, 3.05) is 19.0 Å². The van der Waals surface area contributed by atoms with Crippen LogP contribution in [0, 0.1) is 0 Å². The maximum absolute atomic E-state index is 11.1. The molecule has 0 amide bonds. The minimum atomic E-state index is 0.234. The first-order valence-electron chi connectivity index (χ1n) is 5.12. The van der Waals surface area contributed by atoms with Gasteiger partial charge in [-0.2, -0.15) is 0 Å². The molecule has 15 heavy (non-hydrogen) atoms. The van der Waals surface area contributed by atoms with Crippen LogP contribution in [0.2, 0.25) is 0 Å². The lowest BCUT2D eigenvalue weighted by atomic mass is 9.96. The molecule has 1 atom stereocenters. The van der Waals surface area contributed by atoms with Crippen molar-refractivity contribution in [1.82, 2.24) is 0 Å². The molecule has 0 aliphatic carbocycles. The second-order valence-electron chi connectivity index (χ2n) is 3.94. The Morgan fingerprint density at radius 3 is 3.07 bits per heavy atom. The molecule has 0 radical (unpaired) electrons. The van der Waals surface area contributed by atoms with Crippen LogP contribution in [-0.4, -0.2) is 19.4 Å². The van der Waals surface area contributed by atoms with E-state index >= 15 is 0 Å². The zero-order chi connectivity index (χ0) is 10.8. The normalized spacial score (nSPS) is 18.1. The molecule has 0 saturated carbocycles. The van der Waals surface area contributed by atoms with E-state index in [1.54, 1.807) is 14.0 Å². The zero-order valence-corrected chi connectivity index (χ0v) is 9.04. The van der Waals surface area contributed by atoms with Crippen LogP contribution in [0.25, 0.3) is 0 Å². The summed E-state index contributed by atoms with van der Waals surface area (Å²) in [5.41, 5.74) is 2.33. The summed E-state index contributed by atoms with van der Waals surface area (Å²) in [5, 5.41) is 3.30. The van der Waals surface area contributed by atoms with Crippen molar-refractivity contribution in [3.63, 3.8) is 0 Å². The third-order valence-corrected chi connectivity index (χ3v) is 2.77. The van der Waals surface area contributed by atoms with Crippen molar-refractivity contribution in [3.05, 3.63) is 23.8 Å². The second kappa shape index (κ2) is 3.93. The molecule has 0 bridgehead atoms. The number of Topliss-reactive ketones (excluding diaryl/α,β-unsaturated/α-hetero) is 1. The van der Waals surface area contributed by atoms with Gasteiger partial charge in [-0.3, -0.25) is 0 Å². The number of nitrogens with one attached hydrogen (secondary N) is 1. The number of rotatable bonds is 3. The molecule has 1 aliphatic heterocycles. The number of carbonyl (C=O) groups is 1. The number of ether oxygens (including phenoxy) is 1. The van der Waals surface area contributed by atoms with Gasteiger partial charge in [-0.05, 0) is 30.7 Å². The third-order valence-electron chi connectivity index (χ3n) is 2.77. The summed E-state index contributed by atoms with van der Waals surface area (Å²) >= 11 is 0. The van der Waals surface area contributed by atoms with Crippen LogP contribution in [0.4, 0.5) is 5.69 Å². The van der Waals surface area contributed by atoms with E-state index < -0.39 is 0 Å². The molecule has 0 fully saturated rings. The molecule has 1 aromatic rings. The van der Waals surface area contributed by atoms with Crippen LogP contribution in [-0.2, 0) is 4.79 Å². The molecule has 2 rings (SSSR count). The first kappa shape index (κ1) is 10.0. The van der Waals surface area contributed by atoms with Crippen molar-refractivity contribution in [1.29, 1.82) is 0 Å². The largest absolute Gasteiger partial charge is 0.497 e. The first-order valence-corrected chi connectivity index (χ1v) is 5.12. The number of hydrogen-bond donors (Lipinski definition) is 1. The van der Waals surface area contributed by atoms with Gasteiger partial charge in [0.05, 0.1) is 7.11 Å². The molecule has 1 unspecified atom stereocenters. The zero-order valence-electron chi connectivity index (χ0n) is 9.04. The number of hydrogen-bond acceptors (Lipinski definition) is 3. The highest BCUT2D eigenvalue weighted by atomic mass is 16.5. The number of fused-ring (bicyclic) bond motifs is 1. The quantitative estimate of drug-likeness (QED) is 0.822. The highest BCUT2D eigenvalue weighted by Gasteiger charge is 2.23. The number of benzene rings is 1. The summed E-state index contributed by atoms with van der Waals surface area (Å²) in [4.78, 5) is 11.1. The summed E-state index contributed by atoms with van der Waals surface area (Å²) in [6, 6.07) is 5.96. The van der Waals surface area contributed by atoms with Gasteiger partial charge in [-0.25, -0.2) is 0 Å². The maximum Gasteiger partial charge on any atom is 0.130 e. The molecule has 1 aromatic carbocycles. The van der Waals surface area contributed by atoms with Crippen molar-refractivity contribution in [3.8, 4) is 5.75 Å². The van der Waals surface area contributed by atoms with E-state index in [4.69, 9.17) is 4.74 Å². The first-order chi connectivity index (χ1) is 7.20. The molecular formula is C12H15NO2. The minimum Gasteiger partial charge on any atom is -0.497 e. The van der Waals surface area contributed by atoms with Crippen LogP contribution < -0.4 is 10.1 Å². The van der Waals surface area contributed by atoms with Gasteiger partial charge < -0.3 is 14.8 Å². The molecule has 80 valence electrons. The summed E-state index contributed by atoms with van der Waals surface area (Å²) in [6.45, 7) is 2.49. The molecule has 1 aliphatic rings. The Morgan fingerprint density at radius 2 is 2.40 bits per heavy atom. The van der Waals surface area contributed by atoms with Crippen molar-refractivity contribution in [2.45, 2.75) is 19.3 Å². The molecule has 1 N–H and O–H groups in total. The SMILES string of the molecule is COc1ccc2c(c1)C(CC(C)=O)CN2. The lowest BCUT2D eigenvalue weighted by Gasteiger charge is -2.08.